The average molecular weight is 368 g/mol. The number of aryl methyl sites for hydroxylation is 2. The molecule has 0 unspecified atom stereocenters. The number of aromatic amines is 1. The molecule has 2 aromatic rings. The van der Waals surface area contributed by atoms with Gasteiger partial charge in [0.05, 0.1) is 0 Å². The molecule has 0 radical (unpaired) electrons. The van der Waals surface area contributed by atoms with Crippen LogP contribution in [-0.2, 0) is 0 Å². The summed E-state index contributed by atoms with van der Waals surface area (Å²) >= 11 is 0. The number of piperidine rings is 1. The fourth-order valence-electron chi connectivity index (χ4n) is 4.98. The number of nitrogens with zero attached hydrogens (tertiary/aromatic N) is 1. The standard InChI is InChI=1S/C23H33N3O/c1-16-12-17(2)20-14-22(25-21(20)13-16)23(27)24-19-8-10-26(11-9-19)15-18-6-4-3-5-7-18/h12-14,18-19,25H,3-11,15H2,1-2H3,(H,24,27). The van der Waals surface area contributed by atoms with E-state index in [0.717, 1.165) is 42.8 Å². The van der Waals surface area contributed by atoms with Crippen LogP contribution in [0.3, 0.4) is 0 Å². The predicted octanol–water partition coefficient (Wildman–Crippen LogP) is 4.56. The minimum absolute atomic E-state index is 0.0361. The maximum absolute atomic E-state index is 12.7. The van der Waals surface area contributed by atoms with Crippen LogP contribution in [0.25, 0.3) is 10.9 Å². The number of rotatable bonds is 4. The molecule has 4 heteroatoms. The van der Waals surface area contributed by atoms with E-state index in [1.807, 2.05) is 6.07 Å². The fraction of sp³-hybridized carbons (Fsp3) is 0.609. The van der Waals surface area contributed by atoms with Crippen molar-refractivity contribution < 1.29 is 4.79 Å². The summed E-state index contributed by atoms with van der Waals surface area (Å²) in [5, 5.41) is 4.40. The van der Waals surface area contributed by atoms with E-state index >= 15 is 0 Å². The summed E-state index contributed by atoms with van der Waals surface area (Å²) in [6.07, 6.45) is 9.22. The van der Waals surface area contributed by atoms with Gasteiger partial charge < -0.3 is 15.2 Å². The molecule has 0 atom stereocenters. The molecule has 0 bridgehead atoms. The van der Waals surface area contributed by atoms with Crippen molar-refractivity contribution in [3.63, 3.8) is 0 Å². The lowest BCUT2D eigenvalue weighted by Gasteiger charge is -2.35. The fourth-order valence-corrected chi connectivity index (χ4v) is 4.98. The molecule has 1 aliphatic carbocycles. The van der Waals surface area contributed by atoms with Crippen LogP contribution in [0.15, 0.2) is 18.2 Å². The summed E-state index contributed by atoms with van der Waals surface area (Å²) in [4.78, 5) is 18.6. The van der Waals surface area contributed by atoms with E-state index < -0.39 is 0 Å². The molecule has 1 aliphatic heterocycles. The van der Waals surface area contributed by atoms with Crippen LogP contribution in [0, 0.1) is 19.8 Å². The Balaban J connectivity index is 1.31. The number of hydrogen-bond acceptors (Lipinski definition) is 2. The van der Waals surface area contributed by atoms with Crippen molar-refractivity contribution in [1.82, 2.24) is 15.2 Å². The van der Waals surface area contributed by atoms with Crippen molar-refractivity contribution in [1.29, 1.82) is 0 Å². The van der Waals surface area contributed by atoms with Gasteiger partial charge in [0.1, 0.15) is 5.69 Å². The van der Waals surface area contributed by atoms with Crippen LogP contribution in [0.2, 0.25) is 0 Å². The Hall–Kier alpha value is -1.81. The van der Waals surface area contributed by atoms with Gasteiger partial charge in [0.2, 0.25) is 0 Å². The van der Waals surface area contributed by atoms with Gasteiger partial charge in [0.25, 0.3) is 5.91 Å². The number of likely N-dealkylation sites (tertiary alicyclic amines) is 1. The Morgan fingerprint density at radius 2 is 1.81 bits per heavy atom. The first-order chi connectivity index (χ1) is 13.1. The molecule has 0 spiro atoms. The maximum Gasteiger partial charge on any atom is 0.267 e. The van der Waals surface area contributed by atoms with Gasteiger partial charge in [-0.25, -0.2) is 0 Å². The Kier molecular flexibility index (Phi) is 5.53. The summed E-state index contributed by atoms with van der Waals surface area (Å²) in [7, 11) is 0. The highest BCUT2D eigenvalue weighted by Crippen LogP contribution is 2.26. The van der Waals surface area contributed by atoms with E-state index in [4.69, 9.17) is 0 Å². The monoisotopic (exact) mass is 367 g/mol. The third-order valence-electron chi connectivity index (χ3n) is 6.50. The number of carbonyl (C=O) groups is 1. The van der Waals surface area contributed by atoms with Crippen molar-refractivity contribution in [2.45, 2.75) is 64.8 Å². The molecular weight excluding hydrogens is 334 g/mol. The lowest BCUT2D eigenvalue weighted by atomic mass is 9.88. The zero-order valence-electron chi connectivity index (χ0n) is 16.8. The van der Waals surface area contributed by atoms with Crippen molar-refractivity contribution in [2.75, 3.05) is 19.6 Å². The molecule has 1 aromatic carbocycles. The molecule has 2 fully saturated rings. The number of aromatic nitrogens is 1. The van der Waals surface area contributed by atoms with Crippen LogP contribution >= 0.6 is 0 Å². The van der Waals surface area contributed by atoms with Gasteiger partial charge in [-0.1, -0.05) is 25.3 Å². The largest absolute Gasteiger partial charge is 0.351 e. The lowest BCUT2D eigenvalue weighted by Crippen LogP contribution is -2.46. The molecule has 1 saturated carbocycles. The SMILES string of the molecule is Cc1cc(C)c2cc(C(=O)NC3CCN(CC4CCCCC4)CC3)[nH]c2c1. The number of carbonyl (C=O) groups excluding carboxylic acids is 1. The molecule has 1 amide bonds. The minimum Gasteiger partial charge on any atom is -0.351 e. The minimum atomic E-state index is 0.0361. The molecule has 27 heavy (non-hydrogen) atoms. The number of nitrogens with one attached hydrogen (secondary N) is 2. The summed E-state index contributed by atoms with van der Waals surface area (Å²) in [6.45, 7) is 7.70. The quantitative estimate of drug-likeness (QED) is 0.832. The van der Waals surface area contributed by atoms with Crippen LogP contribution in [0.1, 0.15) is 66.6 Å². The van der Waals surface area contributed by atoms with E-state index in [0.29, 0.717) is 11.7 Å². The van der Waals surface area contributed by atoms with Crippen LogP contribution < -0.4 is 5.32 Å². The zero-order chi connectivity index (χ0) is 18.8. The average Bonchev–Trinajstić information content (AvgIpc) is 3.09. The molecule has 4 nitrogen and oxygen atoms in total. The molecule has 1 saturated heterocycles. The highest BCUT2D eigenvalue weighted by molar-refractivity contribution is 5.99. The third-order valence-corrected chi connectivity index (χ3v) is 6.50. The first kappa shape index (κ1) is 18.5. The third kappa shape index (κ3) is 4.37. The summed E-state index contributed by atoms with van der Waals surface area (Å²) < 4.78 is 0. The van der Waals surface area contributed by atoms with E-state index in [1.165, 1.54) is 49.8 Å². The molecule has 146 valence electrons. The van der Waals surface area contributed by atoms with Gasteiger partial charge in [0, 0.05) is 36.6 Å². The molecule has 2 aliphatic rings. The zero-order valence-corrected chi connectivity index (χ0v) is 16.8. The number of H-pyrrole nitrogens is 1. The summed E-state index contributed by atoms with van der Waals surface area (Å²) in [5.41, 5.74) is 4.18. The summed E-state index contributed by atoms with van der Waals surface area (Å²) in [5.74, 6) is 0.942. The molecule has 2 heterocycles. The summed E-state index contributed by atoms with van der Waals surface area (Å²) in [6, 6.07) is 6.58. The first-order valence-electron chi connectivity index (χ1n) is 10.7. The lowest BCUT2D eigenvalue weighted by molar-refractivity contribution is 0.0897. The number of benzene rings is 1. The van der Waals surface area contributed by atoms with E-state index in [-0.39, 0.29) is 5.91 Å². The van der Waals surface area contributed by atoms with Gasteiger partial charge in [-0.15, -0.1) is 0 Å². The smallest absolute Gasteiger partial charge is 0.267 e. The van der Waals surface area contributed by atoms with Gasteiger partial charge >= 0.3 is 0 Å². The van der Waals surface area contributed by atoms with Crippen LogP contribution in [0.4, 0.5) is 0 Å². The highest BCUT2D eigenvalue weighted by atomic mass is 16.1. The Morgan fingerprint density at radius 1 is 1.07 bits per heavy atom. The van der Waals surface area contributed by atoms with E-state index in [9.17, 15) is 4.79 Å². The number of amides is 1. The normalized spacial score (nSPS) is 20.2. The predicted molar refractivity (Wildman–Crippen MR) is 111 cm³/mol. The van der Waals surface area contributed by atoms with Crippen molar-refractivity contribution in [3.05, 3.63) is 35.0 Å². The Morgan fingerprint density at radius 3 is 2.56 bits per heavy atom. The second kappa shape index (κ2) is 8.05. The maximum atomic E-state index is 12.7. The number of fused-ring (bicyclic) bond motifs is 1. The first-order valence-corrected chi connectivity index (χ1v) is 10.7. The van der Waals surface area contributed by atoms with Gasteiger partial charge in [-0.05, 0) is 68.7 Å². The molecule has 1 aromatic heterocycles. The van der Waals surface area contributed by atoms with Crippen molar-refractivity contribution in [2.24, 2.45) is 5.92 Å². The Labute approximate surface area is 162 Å². The van der Waals surface area contributed by atoms with Gasteiger partial charge in [-0.2, -0.15) is 0 Å². The van der Waals surface area contributed by atoms with Crippen molar-refractivity contribution >= 4 is 16.8 Å². The second-order valence-electron chi connectivity index (χ2n) is 8.78. The number of hydrogen-bond donors (Lipinski definition) is 2. The van der Waals surface area contributed by atoms with Crippen LogP contribution in [-0.4, -0.2) is 41.5 Å². The highest BCUT2D eigenvalue weighted by Gasteiger charge is 2.24. The van der Waals surface area contributed by atoms with Gasteiger partial charge in [0.15, 0.2) is 0 Å². The van der Waals surface area contributed by atoms with E-state index in [2.05, 4.69) is 41.2 Å². The Bertz CT molecular complexity index is 795. The second-order valence-corrected chi connectivity index (χ2v) is 8.78. The molecule has 2 N–H and O–H groups in total. The molecule has 4 rings (SSSR count). The van der Waals surface area contributed by atoms with Crippen molar-refractivity contribution in [3.8, 4) is 0 Å². The topological polar surface area (TPSA) is 48.1 Å². The van der Waals surface area contributed by atoms with E-state index in [1.54, 1.807) is 0 Å². The molecular formula is C23H33N3O. The van der Waals surface area contributed by atoms with Crippen LogP contribution in [0.5, 0.6) is 0 Å². The van der Waals surface area contributed by atoms with Gasteiger partial charge in [-0.3, -0.25) is 4.79 Å².